The van der Waals surface area contributed by atoms with Crippen LogP contribution in [0, 0.1) is 0 Å². The standard InChI is InChI=1S/C33H35N3O4/c1-20(2)22-10-12-23(13-11-22)32-31-25(24-7-5-6-8-26(24)34-31)18-27-33(38)35(19-30(37)36(27)32)16-15-21-9-14-28(39-3)29(17-21)40-4/h5-14,17,20,27,32,34H,15-16,18-19H2,1-4H3. The van der Waals surface area contributed by atoms with E-state index in [2.05, 4.69) is 55.2 Å². The van der Waals surface area contributed by atoms with Gasteiger partial charge in [0.1, 0.15) is 6.04 Å². The van der Waals surface area contributed by atoms with E-state index < -0.39 is 6.04 Å². The van der Waals surface area contributed by atoms with Crippen molar-refractivity contribution >= 4 is 22.7 Å². The van der Waals surface area contributed by atoms with E-state index in [4.69, 9.17) is 9.47 Å². The third-order valence-corrected chi connectivity index (χ3v) is 8.38. The van der Waals surface area contributed by atoms with Crippen molar-refractivity contribution in [2.45, 2.75) is 44.7 Å². The van der Waals surface area contributed by atoms with Gasteiger partial charge in [-0.15, -0.1) is 0 Å². The summed E-state index contributed by atoms with van der Waals surface area (Å²) in [5, 5.41) is 1.11. The van der Waals surface area contributed by atoms with Crippen LogP contribution >= 0.6 is 0 Å². The highest BCUT2D eigenvalue weighted by molar-refractivity contribution is 5.97. The zero-order chi connectivity index (χ0) is 28.0. The van der Waals surface area contributed by atoms with Crippen molar-refractivity contribution in [3.05, 3.63) is 94.7 Å². The Labute approximate surface area is 234 Å². The molecule has 0 bridgehead atoms. The van der Waals surface area contributed by atoms with E-state index in [1.54, 1.807) is 19.1 Å². The molecule has 2 aliphatic rings. The van der Waals surface area contributed by atoms with Crippen LogP contribution in [-0.2, 0) is 22.4 Å². The highest BCUT2D eigenvalue weighted by Gasteiger charge is 2.48. The molecule has 40 heavy (non-hydrogen) atoms. The van der Waals surface area contributed by atoms with Gasteiger partial charge in [-0.1, -0.05) is 62.4 Å². The SMILES string of the molecule is COc1ccc(CCN2CC(=O)N3C(Cc4c([nH]c5ccccc45)C3c3ccc(C(C)C)cc3)C2=O)cc1OC. The van der Waals surface area contributed by atoms with Crippen molar-refractivity contribution in [1.29, 1.82) is 0 Å². The molecular weight excluding hydrogens is 502 g/mol. The Kier molecular flexibility index (Phi) is 6.74. The Morgan fingerprint density at radius 1 is 0.950 bits per heavy atom. The van der Waals surface area contributed by atoms with Crippen LogP contribution in [0.2, 0.25) is 0 Å². The average molecular weight is 538 g/mol. The Morgan fingerprint density at radius 3 is 2.42 bits per heavy atom. The first-order valence-corrected chi connectivity index (χ1v) is 13.9. The summed E-state index contributed by atoms with van der Waals surface area (Å²) in [6.45, 7) is 4.87. The predicted molar refractivity (Wildman–Crippen MR) is 155 cm³/mol. The molecule has 6 rings (SSSR count). The van der Waals surface area contributed by atoms with Gasteiger partial charge in [0.15, 0.2) is 11.5 Å². The zero-order valence-corrected chi connectivity index (χ0v) is 23.4. The monoisotopic (exact) mass is 537 g/mol. The van der Waals surface area contributed by atoms with Crippen LogP contribution < -0.4 is 9.47 Å². The highest BCUT2D eigenvalue weighted by atomic mass is 16.5. The van der Waals surface area contributed by atoms with Gasteiger partial charge in [-0.05, 0) is 52.8 Å². The second-order valence-electron chi connectivity index (χ2n) is 11.0. The zero-order valence-electron chi connectivity index (χ0n) is 23.4. The number of benzene rings is 3. The number of carbonyl (C=O) groups excluding carboxylic acids is 2. The lowest BCUT2D eigenvalue weighted by atomic mass is 9.85. The second kappa shape index (κ2) is 10.4. The third-order valence-electron chi connectivity index (χ3n) is 8.38. The van der Waals surface area contributed by atoms with Crippen LogP contribution in [-0.4, -0.2) is 59.9 Å². The summed E-state index contributed by atoms with van der Waals surface area (Å²) in [5.41, 5.74) is 6.44. The lowest BCUT2D eigenvalue weighted by Gasteiger charge is -2.47. The number of H-pyrrole nitrogens is 1. The molecule has 2 unspecified atom stereocenters. The minimum absolute atomic E-state index is 0.000177. The number of methoxy groups -OCH3 is 2. The molecule has 1 N–H and O–H groups in total. The third kappa shape index (κ3) is 4.39. The number of carbonyl (C=O) groups is 2. The van der Waals surface area contributed by atoms with Crippen molar-refractivity contribution in [1.82, 2.24) is 14.8 Å². The van der Waals surface area contributed by atoms with Crippen LogP contribution in [0.25, 0.3) is 10.9 Å². The molecule has 0 aliphatic carbocycles. The largest absolute Gasteiger partial charge is 0.493 e. The number of aromatic amines is 1. The molecule has 1 fully saturated rings. The van der Waals surface area contributed by atoms with E-state index in [9.17, 15) is 9.59 Å². The normalized spacial score (nSPS) is 18.7. The Bertz CT molecular complexity index is 1570. The van der Waals surface area contributed by atoms with Crippen molar-refractivity contribution in [3.63, 3.8) is 0 Å². The minimum Gasteiger partial charge on any atom is -0.493 e. The minimum atomic E-state index is -0.548. The summed E-state index contributed by atoms with van der Waals surface area (Å²) in [5.74, 6) is 1.70. The number of nitrogens with zero attached hydrogens (tertiary/aromatic N) is 2. The van der Waals surface area contributed by atoms with E-state index in [1.165, 1.54) is 5.56 Å². The lowest BCUT2D eigenvalue weighted by molar-refractivity contribution is -0.158. The van der Waals surface area contributed by atoms with Gasteiger partial charge in [0.2, 0.25) is 11.8 Å². The van der Waals surface area contributed by atoms with Gasteiger partial charge in [-0.25, -0.2) is 0 Å². The Morgan fingerprint density at radius 2 is 1.70 bits per heavy atom. The summed E-state index contributed by atoms with van der Waals surface area (Å²) in [6.07, 6.45) is 1.11. The van der Waals surface area contributed by atoms with Gasteiger partial charge in [-0.2, -0.15) is 0 Å². The highest BCUT2D eigenvalue weighted by Crippen LogP contribution is 2.42. The maximum Gasteiger partial charge on any atom is 0.246 e. The molecule has 206 valence electrons. The molecule has 2 atom stereocenters. The van der Waals surface area contributed by atoms with Crippen molar-refractivity contribution in [2.75, 3.05) is 27.3 Å². The number of hydrogen-bond acceptors (Lipinski definition) is 4. The maximum atomic E-state index is 14.0. The molecule has 2 amide bonds. The number of rotatable bonds is 7. The van der Waals surface area contributed by atoms with E-state index in [0.717, 1.165) is 33.3 Å². The number of nitrogens with one attached hydrogen (secondary N) is 1. The van der Waals surface area contributed by atoms with Crippen LogP contribution in [0.3, 0.4) is 0 Å². The topological polar surface area (TPSA) is 74.9 Å². The fraction of sp³-hybridized carbons (Fsp3) is 0.333. The average Bonchev–Trinajstić information content (AvgIpc) is 3.35. The number of piperazine rings is 1. The quantitative estimate of drug-likeness (QED) is 0.350. The van der Waals surface area contributed by atoms with E-state index in [0.29, 0.717) is 36.8 Å². The molecule has 1 aromatic heterocycles. The molecule has 3 aromatic carbocycles. The molecule has 1 saturated heterocycles. The number of fused-ring (bicyclic) bond motifs is 4. The molecule has 2 aliphatic heterocycles. The van der Waals surface area contributed by atoms with Crippen LogP contribution in [0.1, 0.15) is 53.8 Å². The van der Waals surface area contributed by atoms with Gasteiger partial charge in [0.05, 0.1) is 26.8 Å². The Balaban J connectivity index is 1.34. The van der Waals surface area contributed by atoms with Gasteiger partial charge >= 0.3 is 0 Å². The van der Waals surface area contributed by atoms with Crippen molar-refractivity contribution in [2.24, 2.45) is 0 Å². The molecule has 0 saturated carbocycles. The fourth-order valence-electron chi connectivity index (χ4n) is 6.22. The lowest BCUT2D eigenvalue weighted by Crippen LogP contribution is -2.63. The van der Waals surface area contributed by atoms with Gasteiger partial charge in [0.25, 0.3) is 0 Å². The first kappa shape index (κ1) is 26.0. The first-order valence-electron chi connectivity index (χ1n) is 13.9. The second-order valence-corrected chi connectivity index (χ2v) is 11.0. The van der Waals surface area contributed by atoms with E-state index in [-0.39, 0.29) is 24.4 Å². The van der Waals surface area contributed by atoms with Crippen LogP contribution in [0.4, 0.5) is 0 Å². The van der Waals surface area contributed by atoms with Crippen molar-refractivity contribution in [3.8, 4) is 11.5 Å². The summed E-state index contributed by atoms with van der Waals surface area (Å²) in [7, 11) is 3.22. The number of aromatic nitrogens is 1. The van der Waals surface area contributed by atoms with E-state index in [1.807, 2.05) is 35.2 Å². The summed E-state index contributed by atoms with van der Waals surface area (Å²) >= 11 is 0. The van der Waals surface area contributed by atoms with Crippen LogP contribution in [0.5, 0.6) is 11.5 Å². The summed E-state index contributed by atoms with van der Waals surface area (Å²) in [4.78, 5) is 35.0. The number of hydrogen-bond donors (Lipinski definition) is 1. The molecule has 0 spiro atoms. The van der Waals surface area contributed by atoms with Crippen molar-refractivity contribution < 1.29 is 19.1 Å². The summed E-state index contributed by atoms with van der Waals surface area (Å²) in [6, 6.07) is 21.6. The molecular formula is C33H35N3O4. The first-order chi connectivity index (χ1) is 19.4. The molecule has 0 radical (unpaired) electrons. The number of para-hydroxylation sites is 1. The molecule has 7 heteroatoms. The molecule has 4 aromatic rings. The maximum absolute atomic E-state index is 14.0. The summed E-state index contributed by atoms with van der Waals surface area (Å²) < 4.78 is 10.8. The Hall–Kier alpha value is -4.26. The molecule has 7 nitrogen and oxygen atoms in total. The number of amides is 2. The van der Waals surface area contributed by atoms with Gasteiger partial charge < -0.3 is 24.3 Å². The van der Waals surface area contributed by atoms with Gasteiger partial charge in [0, 0.05) is 29.6 Å². The van der Waals surface area contributed by atoms with Gasteiger partial charge in [-0.3, -0.25) is 9.59 Å². The smallest absolute Gasteiger partial charge is 0.246 e. The predicted octanol–water partition coefficient (Wildman–Crippen LogP) is 5.24. The fourth-order valence-corrected chi connectivity index (χ4v) is 6.22. The van der Waals surface area contributed by atoms with E-state index >= 15 is 0 Å². The van der Waals surface area contributed by atoms with Crippen LogP contribution in [0.15, 0.2) is 66.7 Å². The number of ether oxygens (including phenoxy) is 2. The molecule has 3 heterocycles.